The van der Waals surface area contributed by atoms with Gasteiger partial charge in [-0.05, 0) is 111 Å². The van der Waals surface area contributed by atoms with Crippen LogP contribution in [0.5, 0.6) is 0 Å². The summed E-state index contributed by atoms with van der Waals surface area (Å²) in [5.74, 6) is 0.763. The minimum Gasteiger partial charge on any atom is -0.309 e. The van der Waals surface area contributed by atoms with Crippen LogP contribution in [0.3, 0.4) is 0 Å². The van der Waals surface area contributed by atoms with E-state index in [1.54, 1.807) is 0 Å². The molecule has 0 atom stereocenters. The highest BCUT2D eigenvalue weighted by atomic mass is 15.2. The molecule has 7 rings (SSSR count). The second-order valence-corrected chi connectivity index (χ2v) is 14.6. The van der Waals surface area contributed by atoms with Crippen molar-refractivity contribution in [3.63, 3.8) is 0 Å². The van der Waals surface area contributed by atoms with E-state index in [-0.39, 0.29) is 0 Å². The lowest BCUT2D eigenvalue weighted by Crippen LogP contribution is -2.15. The molecule has 7 aromatic carbocycles. The lowest BCUT2D eigenvalue weighted by Gasteiger charge is -2.33. The molecule has 0 aliphatic carbocycles. The lowest BCUT2D eigenvalue weighted by molar-refractivity contribution is 0.868. The number of hydrogen-bond acceptors (Lipinski definition) is 2. The summed E-state index contributed by atoms with van der Waals surface area (Å²) < 4.78 is 0. The largest absolute Gasteiger partial charge is 0.309 e. The minimum absolute atomic E-state index is 0.382. The summed E-state index contributed by atoms with van der Waals surface area (Å²) in [6.45, 7) is 17.8. The topological polar surface area (TPSA) is 6.48 Å². The molecule has 0 amide bonds. The number of benzene rings is 7. The smallest absolute Gasteiger partial charge is 0.0620 e. The summed E-state index contributed by atoms with van der Waals surface area (Å²) in [6, 6.07) is 50.2. The SMILES string of the molecule is Cc1ccc(N(c2ccc(C)cc2)c2c3ccc(C(C)C)cc3c(N(c3ccc(C)cc3)c3ccc(C)cc3)c3ccc(C(C)C)cc23)cc1. The van der Waals surface area contributed by atoms with Crippen LogP contribution < -0.4 is 9.80 Å². The minimum atomic E-state index is 0.382. The number of anilines is 6. The maximum atomic E-state index is 2.48. The van der Waals surface area contributed by atoms with Gasteiger partial charge in [0.2, 0.25) is 0 Å². The second kappa shape index (κ2) is 13.5. The van der Waals surface area contributed by atoms with Gasteiger partial charge in [-0.1, -0.05) is 123 Å². The Morgan fingerprint density at radius 3 is 0.820 bits per heavy atom. The van der Waals surface area contributed by atoms with Crippen LogP contribution in [0.25, 0.3) is 21.5 Å². The first-order chi connectivity index (χ1) is 24.1. The van der Waals surface area contributed by atoms with E-state index in [1.807, 2.05) is 0 Å². The van der Waals surface area contributed by atoms with Crippen LogP contribution >= 0.6 is 0 Å². The number of fused-ring (bicyclic) bond motifs is 2. The Morgan fingerprint density at radius 1 is 0.320 bits per heavy atom. The summed E-state index contributed by atoms with van der Waals surface area (Å²) in [5, 5.41) is 4.93. The highest BCUT2D eigenvalue weighted by Crippen LogP contribution is 2.52. The Labute approximate surface area is 298 Å². The van der Waals surface area contributed by atoms with Crippen LogP contribution in [0.2, 0.25) is 0 Å². The first-order valence-electron chi connectivity index (χ1n) is 18.0. The Morgan fingerprint density at radius 2 is 0.580 bits per heavy atom. The molecule has 0 N–H and O–H groups in total. The number of nitrogens with zero attached hydrogens (tertiary/aromatic N) is 2. The first-order valence-corrected chi connectivity index (χ1v) is 18.0. The summed E-state index contributed by atoms with van der Waals surface area (Å²) in [7, 11) is 0. The van der Waals surface area contributed by atoms with Gasteiger partial charge in [0, 0.05) is 44.3 Å². The highest BCUT2D eigenvalue weighted by Gasteiger charge is 2.26. The van der Waals surface area contributed by atoms with E-state index in [4.69, 9.17) is 0 Å². The Bertz CT molecular complexity index is 2020. The molecule has 50 heavy (non-hydrogen) atoms. The monoisotopic (exact) mass is 652 g/mol. The van der Waals surface area contributed by atoms with Gasteiger partial charge in [-0.3, -0.25) is 0 Å². The molecule has 0 heterocycles. The zero-order valence-corrected chi connectivity index (χ0v) is 30.8. The van der Waals surface area contributed by atoms with Gasteiger partial charge in [-0.25, -0.2) is 0 Å². The van der Waals surface area contributed by atoms with Crippen molar-refractivity contribution in [2.45, 2.75) is 67.2 Å². The van der Waals surface area contributed by atoms with Gasteiger partial charge in [0.05, 0.1) is 11.4 Å². The molecule has 0 unspecified atom stereocenters. The van der Waals surface area contributed by atoms with E-state index >= 15 is 0 Å². The molecular formula is C48H48N2. The van der Waals surface area contributed by atoms with Gasteiger partial charge in [-0.2, -0.15) is 0 Å². The van der Waals surface area contributed by atoms with E-state index < -0.39 is 0 Å². The van der Waals surface area contributed by atoms with Crippen molar-refractivity contribution in [1.82, 2.24) is 0 Å². The van der Waals surface area contributed by atoms with Crippen molar-refractivity contribution in [3.8, 4) is 0 Å². The van der Waals surface area contributed by atoms with Gasteiger partial charge in [-0.15, -0.1) is 0 Å². The first kappa shape index (κ1) is 33.2. The summed E-state index contributed by atoms with van der Waals surface area (Å²) in [4.78, 5) is 4.96. The average molecular weight is 653 g/mol. The molecule has 0 aliphatic heterocycles. The van der Waals surface area contributed by atoms with Crippen LogP contribution in [-0.2, 0) is 0 Å². The fourth-order valence-corrected chi connectivity index (χ4v) is 7.01. The third-order valence-electron chi connectivity index (χ3n) is 10.1. The van der Waals surface area contributed by atoms with Crippen molar-refractivity contribution < 1.29 is 0 Å². The molecule has 0 radical (unpaired) electrons. The van der Waals surface area contributed by atoms with E-state index in [1.165, 1.54) is 66.3 Å². The molecule has 0 spiro atoms. The normalized spacial score (nSPS) is 11.6. The van der Waals surface area contributed by atoms with Gasteiger partial charge < -0.3 is 9.80 Å². The van der Waals surface area contributed by atoms with Gasteiger partial charge in [0.15, 0.2) is 0 Å². The molecule has 0 saturated heterocycles. The van der Waals surface area contributed by atoms with Crippen molar-refractivity contribution in [2.75, 3.05) is 9.80 Å². The fourth-order valence-electron chi connectivity index (χ4n) is 7.01. The zero-order chi connectivity index (χ0) is 35.1. The van der Waals surface area contributed by atoms with Gasteiger partial charge in [0.1, 0.15) is 0 Å². The maximum absolute atomic E-state index is 2.48. The van der Waals surface area contributed by atoms with Crippen LogP contribution in [0.1, 0.15) is 72.9 Å². The van der Waals surface area contributed by atoms with Gasteiger partial charge >= 0.3 is 0 Å². The predicted molar refractivity (Wildman–Crippen MR) is 218 cm³/mol. The van der Waals surface area contributed by atoms with Crippen LogP contribution in [-0.4, -0.2) is 0 Å². The predicted octanol–water partition coefficient (Wildman–Crippen LogP) is 14.4. The fraction of sp³-hybridized carbons (Fsp3) is 0.208. The summed E-state index contributed by atoms with van der Waals surface area (Å²) >= 11 is 0. The standard InChI is InChI=1S/C48H48N2/c1-31(2)37-17-27-43-45(29-37)47(49(39-19-9-33(5)10-20-39)40-21-11-34(6)12-22-40)44-28-18-38(32(3)4)30-46(44)48(43)50(41-23-13-35(7)14-24-41)42-25-15-36(8)16-26-42/h9-32H,1-8H3. The molecule has 0 saturated carbocycles. The van der Waals surface area contributed by atoms with Crippen LogP contribution in [0, 0.1) is 27.7 Å². The Hall–Kier alpha value is -5.34. The molecule has 0 aromatic heterocycles. The third-order valence-corrected chi connectivity index (χ3v) is 10.1. The molecule has 0 fully saturated rings. The molecule has 2 heteroatoms. The number of aryl methyl sites for hydroxylation is 4. The highest BCUT2D eigenvalue weighted by molar-refractivity contribution is 6.23. The second-order valence-electron chi connectivity index (χ2n) is 14.6. The Kier molecular flexibility index (Phi) is 8.97. The third kappa shape index (κ3) is 6.27. The quantitative estimate of drug-likeness (QED) is 0.119. The Balaban J connectivity index is 1.68. The van der Waals surface area contributed by atoms with Crippen molar-refractivity contribution in [1.29, 1.82) is 0 Å². The van der Waals surface area contributed by atoms with E-state index in [0.717, 1.165) is 22.7 Å². The van der Waals surface area contributed by atoms with Crippen molar-refractivity contribution >= 4 is 55.7 Å². The van der Waals surface area contributed by atoms with Crippen LogP contribution in [0.15, 0.2) is 133 Å². The number of hydrogen-bond donors (Lipinski definition) is 0. The molecule has 0 bridgehead atoms. The van der Waals surface area contributed by atoms with E-state index in [2.05, 4.69) is 199 Å². The van der Waals surface area contributed by atoms with E-state index in [0.29, 0.717) is 11.8 Å². The molecule has 7 aromatic rings. The average Bonchev–Trinajstić information content (AvgIpc) is 3.11. The van der Waals surface area contributed by atoms with Gasteiger partial charge in [0.25, 0.3) is 0 Å². The van der Waals surface area contributed by atoms with Crippen molar-refractivity contribution in [3.05, 3.63) is 167 Å². The van der Waals surface area contributed by atoms with Crippen LogP contribution in [0.4, 0.5) is 34.1 Å². The summed E-state index contributed by atoms with van der Waals surface area (Å²) in [6.07, 6.45) is 0. The maximum Gasteiger partial charge on any atom is 0.0620 e. The van der Waals surface area contributed by atoms with Crippen molar-refractivity contribution in [2.24, 2.45) is 0 Å². The van der Waals surface area contributed by atoms with E-state index in [9.17, 15) is 0 Å². The molecule has 250 valence electrons. The zero-order valence-electron chi connectivity index (χ0n) is 30.8. The summed E-state index contributed by atoms with van der Waals surface area (Å²) in [5.41, 5.74) is 14.6. The number of rotatable bonds is 8. The molecule has 0 aliphatic rings. The lowest BCUT2D eigenvalue weighted by atomic mass is 9.90. The molecule has 2 nitrogen and oxygen atoms in total. The molecular weight excluding hydrogens is 605 g/mol.